The third-order valence-electron chi connectivity index (χ3n) is 2.95. The van der Waals surface area contributed by atoms with E-state index in [4.69, 9.17) is 16.3 Å². The maximum atomic E-state index is 11.8. The van der Waals surface area contributed by atoms with Crippen molar-refractivity contribution in [1.29, 1.82) is 0 Å². The summed E-state index contributed by atoms with van der Waals surface area (Å²) in [6.07, 6.45) is 0. The summed E-state index contributed by atoms with van der Waals surface area (Å²) in [6.45, 7) is 4.20. The molecule has 4 heteroatoms. The van der Waals surface area contributed by atoms with E-state index in [-0.39, 0.29) is 11.3 Å². The van der Waals surface area contributed by atoms with E-state index in [1.165, 1.54) is 0 Å². The Morgan fingerprint density at radius 2 is 2.06 bits per heavy atom. The van der Waals surface area contributed by atoms with Crippen LogP contribution in [0.5, 0.6) is 0 Å². The summed E-state index contributed by atoms with van der Waals surface area (Å²) in [6, 6.07) is 7.34. The van der Waals surface area contributed by atoms with Crippen molar-refractivity contribution in [3.63, 3.8) is 0 Å². The van der Waals surface area contributed by atoms with Gasteiger partial charge in [0.2, 0.25) is 0 Å². The van der Waals surface area contributed by atoms with Crippen molar-refractivity contribution in [3.8, 4) is 0 Å². The van der Waals surface area contributed by atoms with Crippen LogP contribution in [0, 0.1) is 5.41 Å². The summed E-state index contributed by atoms with van der Waals surface area (Å²) in [5, 5.41) is 2.93. The summed E-state index contributed by atoms with van der Waals surface area (Å²) in [7, 11) is 0. The van der Waals surface area contributed by atoms with Crippen LogP contribution in [0.4, 0.5) is 0 Å². The molecular weight excluding hydrogens is 238 g/mol. The lowest BCUT2D eigenvalue weighted by Crippen LogP contribution is -2.48. The van der Waals surface area contributed by atoms with Gasteiger partial charge in [0.05, 0.1) is 13.2 Å². The Kier molecular flexibility index (Phi) is 3.69. The van der Waals surface area contributed by atoms with Crippen molar-refractivity contribution in [2.45, 2.75) is 12.8 Å². The van der Waals surface area contributed by atoms with Crippen molar-refractivity contribution in [2.75, 3.05) is 19.8 Å². The van der Waals surface area contributed by atoms with E-state index in [1.54, 1.807) is 12.1 Å². The number of hydrogen-bond acceptors (Lipinski definition) is 2. The van der Waals surface area contributed by atoms with Gasteiger partial charge in [-0.3, -0.25) is 4.79 Å². The van der Waals surface area contributed by atoms with Gasteiger partial charge in [-0.05, 0) is 17.7 Å². The van der Waals surface area contributed by atoms with Gasteiger partial charge in [-0.15, -0.1) is 11.6 Å². The fourth-order valence-corrected chi connectivity index (χ4v) is 1.87. The zero-order valence-corrected chi connectivity index (χ0v) is 10.6. The normalized spacial score (nSPS) is 17.3. The zero-order valence-electron chi connectivity index (χ0n) is 9.83. The Labute approximate surface area is 106 Å². The molecule has 17 heavy (non-hydrogen) atoms. The van der Waals surface area contributed by atoms with Crippen LogP contribution in [0.1, 0.15) is 22.8 Å². The minimum atomic E-state index is -0.0424. The number of carbonyl (C=O) groups is 1. The highest BCUT2D eigenvalue weighted by molar-refractivity contribution is 6.17. The first-order valence-corrected chi connectivity index (χ1v) is 6.17. The highest BCUT2D eigenvalue weighted by Crippen LogP contribution is 2.25. The van der Waals surface area contributed by atoms with Crippen LogP contribution in [0.25, 0.3) is 0 Å². The van der Waals surface area contributed by atoms with Gasteiger partial charge in [0.25, 0.3) is 5.91 Å². The van der Waals surface area contributed by atoms with Crippen LogP contribution in [0.2, 0.25) is 0 Å². The van der Waals surface area contributed by atoms with Gasteiger partial charge in [-0.1, -0.05) is 19.1 Å². The molecule has 1 aliphatic heterocycles. The molecule has 0 spiro atoms. The predicted molar refractivity (Wildman–Crippen MR) is 67.3 cm³/mol. The molecule has 0 aliphatic carbocycles. The number of amides is 1. The Morgan fingerprint density at radius 3 is 2.53 bits per heavy atom. The van der Waals surface area contributed by atoms with Crippen LogP contribution in [0.15, 0.2) is 24.3 Å². The molecule has 0 bridgehead atoms. The second-order valence-corrected chi connectivity index (χ2v) is 5.08. The molecule has 0 saturated carbocycles. The van der Waals surface area contributed by atoms with E-state index in [1.807, 2.05) is 12.1 Å². The van der Waals surface area contributed by atoms with Gasteiger partial charge in [-0.2, -0.15) is 0 Å². The SMILES string of the molecule is CC1(CNC(=O)c2ccc(CCl)cc2)COC1. The van der Waals surface area contributed by atoms with Crippen LogP contribution < -0.4 is 5.32 Å². The van der Waals surface area contributed by atoms with Gasteiger partial charge in [-0.25, -0.2) is 0 Å². The third kappa shape index (κ3) is 2.99. The first-order valence-electron chi connectivity index (χ1n) is 5.64. The van der Waals surface area contributed by atoms with Crippen LogP contribution in [-0.2, 0) is 10.6 Å². The molecule has 0 aromatic heterocycles. The van der Waals surface area contributed by atoms with E-state index in [9.17, 15) is 4.79 Å². The number of alkyl halides is 1. The molecule has 0 radical (unpaired) electrons. The monoisotopic (exact) mass is 253 g/mol. The number of nitrogens with one attached hydrogen (secondary N) is 1. The molecule has 1 aromatic rings. The second-order valence-electron chi connectivity index (χ2n) is 4.82. The number of hydrogen-bond donors (Lipinski definition) is 1. The molecule has 3 nitrogen and oxygen atoms in total. The molecule has 1 heterocycles. The smallest absolute Gasteiger partial charge is 0.251 e. The Bertz CT molecular complexity index is 398. The highest BCUT2D eigenvalue weighted by atomic mass is 35.5. The van der Waals surface area contributed by atoms with Gasteiger partial charge in [0.1, 0.15) is 0 Å². The van der Waals surface area contributed by atoms with Crippen LogP contribution in [-0.4, -0.2) is 25.7 Å². The van der Waals surface area contributed by atoms with Crippen LogP contribution in [0.3, 0.4) is 0 Å². The molecule has 2 rings (SSSR count). The van der Waals surface area contributed by atoms with E-state index >= 15 is 0 Å². The highest BCUT2D eigenvalue weighted by Gasteiger charge is 2.33. The number of ether oxygens (including phenoxy) is 1. The molecular formula is C13H16ClNO2. The second kappa shape index (κ2) is 5.07. The number of carbonyl (C=O) groups excluding carboxylic acids is 1. The lowest BCUT2D eigenvalue weighted by atomic mass is 9.88. The molecule has 1 aromatic carbocycles. The fourth-order valence-electron chi connectivity index (χ4n) is 1.69. The molecule has 1 saturated heterocycles. The lowest BCUT2D eigenvalue weighted by molar-refractivity contribution is -0.0978. The summed E-state index contributed by atoms with van der Waals surface area (Å²) in [4.78, 5) is 11.8. The van der Waals surface area contributed by atoms with Crippen molar-refractivity contribution < 1.29 is 9.53 Å². The van der Waals surface area contributed by atoms with Crippen LogP contribution >= 0.6 is 11.6 Å². The number of rotatable bonds is 4. The zero-order chi connectivity index (χ0) is 12.3. The minimum Gasteiger partial charge on any atom is -0.380 e. The van der Waals surface area contributed by atoms with Gasteiger partial charge in [0, 0.05) is 23.4 Å². The molecule has 1 amide bonds. The predicted octanol–water partition coefficient (Wildman–Crippen LogP) is 2.19. The average molecular weight is 254 g/mol. The standard InChI is InChI=1S/C13H16ClNO2/c1-13(8-17-9-13)7-15-12(16)11-4-2-10(6-14)3-5-11/h2-5H,6-9H2,1H3,(H,15,16). The Balaban J connectivity index is 1.90. The summed E-state index contributed by atoms with van der Waals surface area (Å²) in [5.41, 5.74) is 1.79. The molecule has 1 N–H and O–H groups in total. The fraction of sp³-hybridized carbons (Fsp3) is 0.462. The lowest BCUT2D eigenvalue weighted by Gasteiger charge is -2.38. The van der Waals surface area contributed by atoms with Crippen molar-refractivity contribution in [1.82, 2.24) is 5.32 Å². The Morgan fingerprint density at radius 1 is 1.41 bits per heavy atom. The van der Waals surface area contributed by atoms with Gasteiger partial charge < -0.3 is 10.1 Å². The van der Waals surface area contributed by atoms with E-state index in [0.717, 1.165) is 18.8 Å². The Hall–Kier alpha value is -1.06. The maximum absolute atomic E-state index is 11.8. The van der Waals surface area contributed by atoms with Crippen molar-refractivity contribution in [2.24, 2.45) is 5.41 Å². The number of halogens is 1. The minimum absolute atomic E-state index is 0.0424. The van der Waals surface area contributed by atoms with Crippen molar-refractivity contribution >= 4 is 17.5 Å². The first kappa shape index (κ1) is 12.4. The van der Waals surface area contributed by atoms with Crippen molar-refractivity contribution in [3.05, 3.63) is 35.4 Å². The quantitative estimate of drug-likeness (QED) is 0.836. The van der Waals surface area contributed by atoms with E-state index in [2.05, 4.69) is 12.2 Å². The third-order valence-corrected chi connectivity index (χ3v) is 3.26. The molecule has 0 unspecified atom stereocenters. The molecule has 0 atom stereocenters. The topological polar surface area (TPSA) is 38.3 Å². The first-order chi connectivity index (χ1) is 8.13. The molecule has 92 valence electrons. The number of benzene rings is 1. The van der Waals surface area contributed by atoms with E-state index < -0.39 is 0 Å². The average Bonchev–Trinajstić information content (AvgIpc) is 2.33. The summed E-state index contributed by atoms with van der Waals surface area (Å²) in [5.74, 6) is 0.427. The van der Waals surface area contributed by atoms with E-state index in [0.29, 0.717) is 18.0 Å². The maximum Gasteiger partial charge on any atom is 0.251 e. The van der Waals surface area contributed by atoms with Gasteiger partial charge in [0.15, 0.2) is 0 Å². The largest absolute Gasteiger partial charge is 0.380 e. The molecule has 1 aliphatic rings. The summed E-state index contributed by atoms with van der Waals surface area (Å²) >= 11 is 5.69. The summed E-state index contributed by atoms with van der Waals surface area (Å²) < 4.78 is 5.14. The van der Waals surface area contributed by atoms with Gasteiger partial charge >= 0.3 is 0 Å². The molecule has 1 fully saturated rings.